The zero-order valence-electron chi connectivity index (χ0n) is 9.70. The molecule has 0 unspecified atom stereocenters. The maximum absolute atomic E-state index is 11.9. The summed E-state index contributed by atoms with van der Waals surface area (Å²) in [5.74, 6) is -0.349. The number of hydrogen-bond acceptors (Lipinski definition) is 4. The molecule has 0 saturated carbocycles. The number of imide groups is 1. The molecule has 1 aliphatic heterocycles. The summed E-state index contributed by atoms with van der Waals surface area (Å²) in [6.45, 7) is 0.364. The van der Waals surface area contributed by atoms with Gasteiger partial charge in [0.15, 0.2) is 0 Å². The number of rotatable bonds is 2. The van der Waals surface area contributed by atoms with E-state index in [4.69, 9.17) is 0 Å². The molecule has 1 aromatic carbocycles. The molecule has 1 saturated heterocycles. The van der Waals surface area contributed by atoms with E-state index in [0.717, 1.165) is 4.90 Å². The Bertz CT molecular complexity index is 529. The van der Waals surface area contributed by atoms with Gasteiger partial charge in [0.25, 0.3) is 5.69 Å². The van der Waals surface area contributed by atoms with E-state index < -0.39 is 11.0 Å². The standard InChI is InChI=1S/C11H11N3O4/c1-12-6-5-10(15)13(11(12)16)8-3-2-4-9(7-8)14(17)18/h2-4,7H,5-6H2,1H3. The van der Waals surface area contributed by atoms with Crippen LogP contribution < -0.4 is 4.90 Å². The van der Waals surface area contributed by atoms with Gasteiger partial charge in [-0.3, -0.25) is 14.9 Å². The molecule has 0 N–H and O–H groups in total. The Morgan fingerprint density at radius 2 is 2.06 bits per heavy atom. The number of nitro groups is 1. The Morgan fingerprint density at radius 1 is 1.33 bits per heavy atom. The minimum atomic E-state index is -0.563. The first-order valence-corrected chi connectivity index (χ1v) is 5.33. The van der Waals surface area contributed by atoms with Gasteiger partial charge in [-0.2, -0.15) is 0 Å². The van der Waals surface area contributed by atoms with Crippen LogP contribution in [-0.2, 0) is 4.79 Å². The molecule has 1 aliphatic rings. The topological polar surface area (TPSA) is 83.8 Å². The van der Waals surface area contributed by atoms with Crippen LogP contribution in [0.25, 0.3) is 0 Å². The molecule has 0 spiro atoms. The van der Waals surface area contributed by atoms with Crippen molar-refractivity contribution in [2.24, 2.45) is 0 Å². The first-order chi connectivity index (χ1) is 8.50. The smallest absolute Gasteiger partial charge is 0.327 e. The van der Waals surface area contributed by atoms with Crippen molar-refractivity contribution in [3.8, 4) is 0 Å². The number of nitrogens with zero attached hydrogens (tertiary/aromatic N) is 3. The van der Waals surface area contributed by atoms with Gasteiger partial charge >= 0.3 is 6.03 Å². The highest BCUT2D eigenvalue weighted by Gasteiger charge is 2.31. The van der Waals surface area contributed by atoms with Crippen LogP contribution in [0.5, 0.6) is 0 Å². The summed E-state index contributed by atoms with van der Waals surface area (Å²) in [5, 5.41) is 10.7. The summed E-state index contributed by atoms with van der Waals surface area (Å²) in [6.07, 6.45) is 0.213. The molecular weight excluding hydrogens is 238 g/mol. The minimum Gasteiger partial charge on any atom is -0.327 e. The Labute approximate surface area is 103 Å². The zero-order chi connectivity index (χ0) is 13.3. The molecule has 0 aliphatic carbocycles. The molecule has 1 fully saturated rings. The number of nitro benzene ring substituents is 1. The molecule has 7 nitrogen and oxygen atoms in total. The van der Waals surface area contributed by atoms with E-state index in [9.17, 15) is 19.7 Å². The maximum atomic E-state index is 11.9. The van der Waals surface area contributed by atoms with Crippen LogP contribution in [0.4, 0.5) is 16.2 Å². The van der Waals surface area contributed by atoms with Crippen molar-refractivity contribution in [3.63, 3.8) is 0 Å². The van der Waals surface area contributed by atoms with Crippen molar-refractivity contribution in [1.82, 2.24) is 4.90 Å². The van der Waals surface area contributed by atoms with Gasteiger partial charge in [-0.1, -0.05) is 6.07 Å². The maximum Gasteiger partial charge on any atom is 0.331 e. The predicted octanol–water partition coefficient (Wildman–Crippen LogP) is 1.38. The summed E-state index contributed by atoms with van der Waals surface area (Å²) < 4.78 is 0. The highest BCUT2D eigenvalue weighted by atomic mass is 16.6. The number of urea groups is 1. The first kappa shape index (κ1) is 12.0. The van der Waals surface area contributed by atoms with Gasteiger partial charge in [-0.15, -0.1) is 0 Å². The van der Waals surface area contributed by atoms with Crippen LogP contribution >= 0.6 is 0 Å². The van der Waals surface area contributed by atoms with Crippen molar-refractivity contribution in [3.05, 3.63) is 34.4 Å². The third-order valence-electron chi connectivity index (χ3n) is 2.73. The normalized spacial score (nSPS) is 16.1. The SMILES string of the molecule is CN1CCC(=O)N(c2cccc([N+](=O)[O-])c2)C1=O. The van der Waals surface area contributed by atoms with Crippen LogP contribution in [0, 0.1) is 10.1 Å². The fourth-order valence-electron chi connectivity index (χ4n) is 1.75. The van der Waals surface area contributed by atoms with Crippen LogP contribution in [0.15, 0.2) is 24.3 Å². The summed E-state index contributed by atoms with van der Waals surface area (Å²) in [6, 6.07) is 5.01. The molecule has 2 rings (SSSR count). The van der Waals surface area contributed by atoms with E-state index in [1.807, 2.05) is 0 Å². The molecule has 0 aromatic heterocycles. The van der Waals surface area contributed by atoms with E-state index in [-0.39, 0.29) is 23.7 Å². The lowest BCUT2D eigenvalue weighted by Gasteiger charge is -2.31. The Hall–Kier alpha value is -2.44. The summed E-state index contributed by atoms with van der Waals surface area (Å²) >= 11 is 0. The summed E-state index contributed by atoms with van der Waals surface area (Å²) in [5.41, 5.74) is 0.0760. The first-order valence-electron chi connectivity index (χ1n) is 5.33. The molecule has 1 aromatic rings. The lowest BCUT2D eigenvalue weighted by atomic mass is 10.2. The molecule has 1 heterocycles. The highest BCUT2D eigenvalue weighted by molar-refractivity contribution is 6.15. The number of anilines is 1. The molecule has 0 radical (unpaired) electrons. The van der Waals surface area contributed by atoms with Gasteiger partial charge in [-0.05, 0) is 6.07 Å². The van der Waals surface area contributed by atoms with Crippen molar-refractivity contribution < 1.29 is 14.5 Å². The van der Waals surface area contributed by atoms with Gasteiger partial charge < -0.3 is 4.90 Å². The average molecular weight is 249 g/mol. The molecule has 94 valence electrons. The highest BCUT2D eigenvalue weighted by Crippen LogP contribution is 2.24. The summed E-state index contributed by atoms with van der Waals surface area (Å²) in [4.78, 5) is 36.1. The number of carbonyl (C=O) groups is 2. The van der Waals surface area contributed by atoms with Crippen molar-refractivity contribution in [2.75, 3.05) is 18.5 Å². The quantitative estimate of drug-likeness (QED) is 0.585. The second kappa shape index (κ2) is 4.44. The fourth-order valence-corrected chi connectivity index (χ4v) is 1.75. The number of benzene rings is 1. The molecule has 7 heteroatoms. The van der Waals surface area contributed by atoms with Gasteiger partial charge in [0.05, 0.1) is 10.6 Å². The lowest BCUT2D eigenvalue weighted by Crippen LogP contribution is -2.50. The van der Waals surface area contributed by atoms with Gasteiger partial charge in [0, 0.05) is 32.1 Å². The number of non-ortho nitro benzene ring substituents is 1. The van der Waals surface area contributed by atoms with E-state index >= 15 is 0 Å². The second-order valence-corrected chi connectivity index (χ2v) is 3.96. The Balaban J connectivity index is 2.40. The van der Waals surface area contributed by atoms with Gasteiger partial charge in [-0.25, -0.2) is 9.69 Å². The molecule has 18 heavy (non-hydrogen) atoms. The zero-order valence-corrected chi connectivity index (χ0v) is 9.70. The number of amides is 3. The fraction of sp³-hybridized carbons (Fsp3) is 0.273. The Kier molecular flexibility index (Phi) is 2.97. The second-order valence-electron chi connectivity index (χ2n) is 3.96. The van der Waals surface area contributed by atoms with E-state index in [1.54, 1.807) is 7.05 Å². The minimum absolute atomic E-state index is 0.152. The van der Waals surface area contributed by atoms with Crippen LogP contribution in [0.1, 0.15) is 6.42 Å². The molecular formula is C11H11N3O4. The van der Waals surface area contributed by atoms with Crippen molar-refractivity contribution in [2.45, 2.75) is 6.42 Å². The Morgan fingerprint density at radius 3 is 2.72 bits per heavy atom. The van der Waals surface area contributed by atoms with Crippen molar-refractivity contribution >= 4 is 23.3 Å². The summed E-state index contributed by atoms with van der Waals surface area (Å²) in [7, 11) is 1.58. The van der Waals surface area contributed by atoms with Gasteiger partial charge in [0.1, 0.15) is 0 Å². The average Bonchev–Trinajstić information content (AvgIpc) is 2.35. The number of carbonyl (C=O) groups excluding carboxylic acids is 2. The molecule has 0 bridgehead atoms. The van der Waals surface area contributed by atoms with Crippen LogP contribution in [-0.4, -0.2) is 35.4 Å². The third kappa shape index (κ3) is 2.02. The van der Waals surface area contributed by atoms with E-state index in [2.05, 4.69) is 0 Å². The lowest BCUT2D eigenvalue weighted by molar-refractivity contribution is -0.384. The van der Waals surface area contributed by atoms with Crippen molar-refractivity contribution in [1.29, 1.82) is 0 Å². The largest absolute Gasteiger partial charge is 0.331 e. The van der Waals surface area contributed by atoms with E-state index in [0.29, 0.717) is 6.54 Å². The predicted molar refractivity (Wildman–Crippen MR) is 63.2 cm³/mol. The molecule has 0 atom stereocenters. The van der Waals surface area contributed by atoms with Gasteiger partial charge in [0.2, 0.25) is 5.91 Å². The van der Waals surface area contributed by atoms with E-state index in [1.165, 1.54) is 29.2 Å². The third-order valence-corrected chi connectivity index (χ3v) is 2.73. The van der Waals surface area contributed by atoms with Crippen LogP contribution in [0.2, 0.25) is 0 Å². The monoisotopic (exact) mass is 249 g/mol. The van der Waals surface area contributed by atoms with Crippen LogP contribution in [0.3, 0.4) is 0 Å². The number of hydrogen-bond donors (Lipinski definition) is 0. The molecule has 3 amide bonds.